The van der Waals surface area contributed by atoms with Gasteiger partial charge in [-0.15, -0.1) is 12.4 Å². The Hall–Kier alpha value is -1.64. The summed E-state index contributed by atoms with van der Waals surface area (Å²) in [7, 11) is 4.11. The van der Waals surface area contributed by atoms with Gasteiger partial charge in [0.1, 0.15) is 5.78 Å². The average molecular weight is 344 g/mol. The van der Waals surface area contributed by atoms with Crippen LogP contribution < -0.4 is 0 Å². The van der Waals surface area contributed by atoms with E-state index in [0.717, 1.165) is 25.8 Å². The number of fused-ring (bicyclic) bond motifs is 3. The molecule has 1 aliphatic carbocycles. The zero-order chi connectivity index (χ0) is 16.4. The maximum Gasteiger partial charge on any atom is 0.137 e. The van der Waals surface area contributed by atoms with Crippen molar-refractivity contribution in [1.82, 2.24) is 4.90 Å². The molecule has 2 aromatic carbocycles. The summed E-state index contributed by atoms with van der Waals surface area (Å²) >= 11 is 0. The monoisotopic (exact) mass is 343 g/mol. The molecule has 0 fully saturated rings. The third-order valence-corrected chi connectivity index (χ3v) is 4.86. The number of benzene rings is 2. The second-order valence-corrected chi connectivity index (χ2v) is 6.83. The summed E-state index contributed by atoms with van der Waals surface area (Å²) in [6, 6.07) is 15.3. The second-order valence-electron chi connectivity index (χ2n) is 6.83. The van der Waals surface area contributed by atoms with E-state index in [-0.39, 0.29) is 24.1 Å². The van der Waals surface area contributed by atoms with Crippen molar-refractivity contribution in [3.63, 3.8) is 0 Å². The fourth-order valence-corrected chi connectivity index (χ4v) is 3.56. The van der Waals surface area contributed by atoms with E-state index in [1.165, 1.54) is 27.8 Å². The van der Waals surface area contributed by atoms with E-state index in [2.05, 4.69) is 61.5 Å². The summed E-state index contributed by atoms with van der Waals surface area (Å²) in [5.41, 5.74) is 6.69. The largest absolute Gasteiger partial charge is 0.309 e. The topological polar surface area (TPSA) is 20.3 Å². The number of carbonyl (C=O) groups excluding carboxylic acids is 1. The molecular weight excluding hydrogens is 318 g/mol. The lowest BCUT2D eigenvalue weighted by molar-refractivity contribution is -0.118. The van der Waals surface area contributed by atoms with E-state index in [9.17, 15) is 4.79 Å². The van der Waals surface area contributed by atoms with Gasteiger partial charge in [-0.25, -0.2) is 0 Å². The van der Waals surface area contributed by atoms with Gasteiger partial charge in [-0.3, -0.25) is 4.79 Å². The van der Waals surface area contributed by atoms with E-state index in [0.29, 0.717) is 0 Å². The lowest BCUT2D eigenvalue weighted by Gasteiger charge is -2.23. The van der Waals surface area contributed by atoms with Crippen molar-refractivity contribution < 1.29 is 4.79 Å². The van der Waals surface area contributed by atoms with Crippen molar-refractivity contribution in [3.05, 3.63) is 59.2 Å². The zero-order valence-electron chi connectivity index (χ0n) is 14.7. The molecule has 128 valence electrons. The molecule has 1 atom stereocenters. The van der Waals surface area contributed by atoms with E-state index >= 15 is 0 Å². The van der Waals surface area contributed by atoms with Crippen LogP contribution in [-0.2, 0) is 17.6 Å². The van der Waals surface area contributed by atoms with Gasteiger partial charge in [0, 0.05) is 5.92 Å². The van der Waals surface area contributed by atoms with Crippen LogP contribution in [0, 0.1) is 0 Å². The Labute approximate surface area is 151 Å². The van der Waals surface area contributed by atoms with Crippen LogP contribution in [0.4, 0.5) is 0 Å². The van der Waals surface area contributed by atoms with Crippen LogP contribution in [0.1, 0.15) is 36.0 Å². The number of rotatable bonds is 5. The normalized spacial score (nSPS) is 13.7. The maximum absolute atomic E-state index is 12.1. The lowest BCUT2D eigenvalue weighted by atomic mass is 9.82. The standard InChI is InChI=1S/C21H25NO.ClH/c1-15(23)19(12-13-22(2)3)17-10-11-21-18(14-17)9-8-16-6-4-5-7-20(16)21;/h4-7,10-11,14,19H,8-9,12-13H2,1-3H3;1H. The minimum absolute atomic E-state index is 0. The Morgan fingerprint density at radius 3 is 2.42 bits per heavy atom. The highest BCUT2D eigenvalue weighted by atomic mass is 35.5. The Kier molecular flexibility index (Phi) is 6.20. The molecule has 3 heteroatoms. The molecular formula is C21H26ClNO. The van der Waals surface area contributed by atoms with Gasteiger partial charge in [-0.2, -0.15) is 0 Å². The highest BCUT2D eigenvalue weighted by Crippen LogP contribution is 2.35. The predicted octanol–water partition coefficient (Wildman–Crippen LogP) is 4.50. The fourth-order valence-electron chi connectivity index (χ4n) is 3.56. The molecule has 0 aromatic heterocycles. The van der Waals surface area contributed by atoms with Crippen molar-refractivity contribution in [2.24, 2.45) is 0 Å². The van der Waals surface area contributed by atoms with Crippen LogP contribution in [-0.4, -0.2) is 31.3 Å². The number of aryl methyl sites for hydroxylation is 2. The van der Waals surface area contributed by atoms with Crippen LogP contribution in [0.5, 0.6) is 0 Å². The maximum atomic E-state index is 12.1. The molecule has 0 N–H and O–H groups in total. The molecule has 1 aliphatic rings. The Balaban J connectivity index is 0.00000208. The number of hydrogen-bond donors (Lipinski definition) is 0. The Bertz CT molecular complexity index is 724. The molecule has 0 radical (unpaired) electrons. The lowest BCUT2D eigenvalue weighted by Crippen LogP contribution is -2.19. The SMILES string of the molecule is CC(=O)C(CCN(C)C)c1ccc2c(c1)CCc1ccccc1-2.Cl. The van der Waals surface area contributed by atoms with Gasteiger partial charge in [0.25, 0.3) is 0 Å². The van der Waals surface area contributed by atoms with E-state index in [4.69, 9.17) is 0 Å². The van der Waals surface area contributed by atoms with Gasteiger partial charge in [0.15, 0.2) is 0 Å². The van der Waals surface area contributed by atoms with Crippen molar-refractivity contribution in [2.75, 3.05) is 20.6 Å². The minimum atomic E-state index is 0. The summed E-state index contributed by atoms with van der Waals surface area (Å²) in [6.07, 6.45) is 3.05. The summed E-state index contributed by atoms with van der Waals surface area (Å²) < 4.78 is 0. The Morgan fingerprint density at radius 2 is 1.71 bits per heavy atom. The first-order chi connectivity index (χ1) is 11.1. The average Bonchev–Trinajstić information content (AvgIpc) is 2.54. The molecule has 0 amide bonds. The van der Waals surface area contributed by atoms with Gasteiger partial charge in [-0.05, 0) is 74.6 Å². The molecule has 0 heterocycles. The molecule has 0 saturated heterocycles. The molecule has 0 aliphatic heterocycles. The Morgan fingerprint density at radius 1 is 1.04 bits per heavy atom. The predicted molar refractivity (Wildman–Crippen MR) is 103 cm³/mol. The van der Waals surface area contributed by atoms with E-state index in [1.54, 1.807) is 6.92 Å². The van der Waals surface area contributed by atoms with Crippen molar-refractivity contribution in [3.8, 4) is 11.1 Å². The third kappa shape index (κ3) is 3.88. The smallest absolute Gasteiger partial charge is 0.137 e. The molecule has 2 nitrogen and oxygen atoms in total. The molecule has 1 unspecified atom stereocenters. The summed E-state index contributed by atoms with van der Waals surface area (Å²) in [5.74, 6) is 0.280. The quantitative estimate of drug-likeness (QED) is 0.796. The zero-order valence-corrected chi connectivity index (χ0v) is 15.5. The highest BCUT2D eigenvalue weighted by Gasteiger charge is 2.21. The summed E-state index contributed by atoms with van der Waals surface area (Å²) in [5, 5.41) is 0. The number of ketones is 1. The first-order valence-corrected chi connectivity index (χ1v) is 8.42. The fraction of sp³-hybridized carbons (Fsp3) is 0.381. The minimum Gasteiger partial charge on any atom is -0.309 e. The first-order valence-electron chi connectivity index (χ1n) is 8.42. The molecule has 0 spiro atoms. The van der Waals surface area contributed by atoms with Crippen LogP contribution in [0.2, 0.25) is 0 Å². The summed E-state index contributed by atoms with van der Waals surface area (Å²) in [6.45, 7) is 2.65. The van der Waals surface area contributed by atoms with Gasteiger partial charge < -0.3 is 4.90 Å². The van der Waals surface area contributed by atoms with Crippen molar-refractivity contribution >= 4 is 18.2 Å². The molecule has 24 heavy (non-hydrogen) atoms. The highest BCUT2D eigenvalue weighted by molar-refractivity contribution is 5.85. The van der Waals surface area contributed by atoms with Gasteiger partial charge >= 0.3 is 0 Å². The number of hydrogen-bond acceptors (Lipinski definition) is 2. The van der Waals surface area contributed by atoms with Gasteiger partial charge in [0.2, 0.25) is 0 Å². The molecule has 0 bridgehead atoms. The van der Waals surface area contributed by atoms with Crippen molar-refractivity contribution in [2.45, 2.75) is 32.1 Å². The van der Waals surface area contributed by atoms with Crippen LogP contribution in [0.25, 0.3) is 11.1 Å². The summed E-state index contributed by atoms with van der Waals surface area (Å²) in [4.78, 5) is 14.2. The number of halogens is 1. The van der Waals surface area contributed by atoms with Crippen molar-refractivity contribution in [1.29, 1.82) is 0 Å². The number of nitrogens with zero attached hydrogens (tertiary/aromatic N) is 1. The van der Waals surface area contributed by atoms with E-state index < -0.39 is 0 Å². The molecule has 0 saturated carbocycles. The number of Topliss-reactive ketones (excluding diaryl/α,β-unsaturated/α-hetero) is 1. The first kappa shape index (κ1) is 18.7. The third-order valence-electron chi connectivity index (χ3n) is 4.86. The second kappa shape index (κ2) is 7.96. The van der Waals surface area contributed by atoms with Gasteiger partial charge in [0.05, 0.1) is 0 Å². The van der Waals surface area contributed by atoms with E-state index in [1.807, 2.05) is 0 Å². The molecule has 2 aromatic rings. The van der Waals surface area contributed by atoms with Crippen LogP contribution >= 0.6 is 12.4 Å². The van der Waals surface area contributed by atoms with Gasteiger partial charge in [-0.1, -0.05) is 42.5 Å². The van der Waals surface area contributed by atoms with Crippen LogP contribution in [0.15, 0.2) is 42.5 Å². The number of carbonyl (C=O) groups is 1. The van der Waals surface area contributed by atoms with Crippen LogP contribution in [0.3, 0.4) is 0 Å². The molecule has 3 rings (SSSR count).